The van der Waals surface area contributed by atoms with Gasteiger partial charge in [0, 0.05) is 37.0 Å². The molecule has 0 spiro atoms. The van der Waals surface area contributed by atoms with Gasteiger partial charge >= 0.3 is 0 Å². The minimum atomic E-state index is -0.473. The first kappa shape index (κ1) is 16.9. The summed E-state index contributed by atoms with van der Waals surface area (Å²) >= 11 is 0. The van der Waals surface area contributed by atoms with E-state index in [1.807, 2.05) is 30.3 Å². The molecule has 1 atom stereocenters. The summed E-state index contributed by atoms with van der Waals surface area (Å²) in [6.07, 6.45) is 0.887. The molecule has 3 rings (SSSR count). The van der Waals surface area contributed by atoms with E-state index in [-0.39, 0.29) is 17.6 Å². The van der Waals surface area contributed by atoms with E-state index < -0.39 is 4.92 Å². The summed E-state index contributed by atoms with van der Waals surface area (Å²) in [4.78, 5) is 25.3. The van der Waals surface area contributed by atoms with Crippen LogP contribution in [0.2, 0.25) is 0 Å². The first-order valence-electron chi connectivity index (χ1n) is 8.14. The zero-order valence-electron chi connectivity index (χ0n) is 13.9. The quantitative estimate of drug-likeness (QED) is 0.645. The van der Waals surface area contributed by atoms with Crippen LogP contribution >= 0.6 is 0 Å². The maximum atomic E-state index is 12.6. The Morgan fingerprint density at radius 2 is 2.04 bits per heavy atom. The van der Waals surface area contributed by atoms with Gasteiger partial charge in [-0.25, -0.2) is 0 Å². The normalized spacial score (nSPS) is 16.4. The van der Waals surface area contributed by atoms with E-state index in [0.717, 1.165) is 25.2 Å². The summed E-state index contributed by atoms with van der Waals surface area (Å²) in [7, 11) is 1.74. The number of nitro benzene ring substituents is 1. The zero-order chi connectivity index (χ0) is 17.8. The Bertz CT molecular complexity index is 773. The third kappa shape index (κ3) is 3.77. The molecule has 1 amide bonds. The second-order valence-corrected chi connectivity index (χ2v) is 6.04. The number of nitrogens with one attached hydrogen (secondary N) is 2. The van der Waals surface area contributed by atoms with E-state index >= 15 is 0 Å². The highest BCUT2D eigenvalue weighted by atomic mass is 16.6. The van der Waals surface area contributed by atoms with Gasteiger partial charge in [0.15, 0.2) is 0 Å². The standard InChI is InChI=1S/C18H20N4O3/c1-21(15-9-10-19-12-15)18(23)13-7-8-16(17(11-13)22(24)25)20-14-5-3-2-4-6-14/h2-8,11,15,19-20H,9-10,12H2,1H3. The van der Waals surface area contributed by atoms with Gasteiger partial charge in [-0.3, -0.25) is 14.9 Å². The number of hydrogen-bond donors (Lipinski definition) is 2. The van der Waals surface area contributed by atoms with Crippen molar-refractivity contribution < 1.29 is 9.72 Å². The van der Waals surface area contributed by atoms with Gasteiger partial charge in [-0.1, -0.05) is 18.2 Å². The van der Waals surface area contributed by atoms with Crippen LogP contribution in [0.25, 0.3) is 0 Å². The molecule has 7 heteroatoms. The fourth-order valence-electron chi connectivity index (χ4n) is 2.94. The van der Waals surface area contributed by atoms with Crippen molar-refractivity contribution in [3.05, 3.63) is 64.2 Å². The van der Waals surface area contributed by atoms with Gasteiger partial charge in [0.1, 0.15) is 5.69 Å². The van der Waals surface area contributed by atoms with Crippen molar-refractivity contribution in [2.24, 2.45) is 0 Å². The lowest BCUT2D eigenvalue weighted by molar-refractivity contribution is -0.383. The molecule has 1 aliphatic heterocycles. The first-order valence-corrected chi connectivity index (χ1v) is 8.14. The van der Waals surface area contributed by atoms with E-state index in [0.29, 0.717) is 11.3 Å². The van der Waals surface area contributed by atoms with Gasteiger partial charge in [-0.15, -0.1) is 0 Å². The molecule has 0 aliphatic carbocycles. The molecule has 2 aromatic rings. The van der Waals surface area contributed by atoms with E-state index in [1.54, 1.807) is 24.1 Å². The van der Waals surface area contributed by atoms with Gasteiger partial charge in [0.25, 0.3) is 11.6 Å². The number of anilines is 2. The van der Waals surface area contributed by atoms with Crippen LogP contribution in [0.1, 0.15) is 16.8 Å². The predicted molar refractivity (Wildman–Crippen MR) is 96.2 cm³/mol. The molecule has 1 fully saturated rings. The number of likely N-dealkylation sites (N-methyl/N-ethyl adjacent to an activating group) is 1. The van der Waals surface area contributed by atoms with Crippen LogP contribution in [0.5, 0.6) is 0 Å². The Kier molecular flexibility index (Phi) is 4.95. The topological polar surface area (TPSA) is 87.5 Å². The Morgan fingerprint density at radius 1 is 1.28 bits per heavy atom. The van der Waals surface area contributed by atoms with Crippen LogP contribution in [0.15, 0.2) is 48.5 Å². The Morgan fingerprint density at radius 3 is 2.68 bits per heavy atom. The number of para-hydroxylation sites is 1. The highest BCUT2D eigenvalue weighted by Gasteiger charge is 2.26. The number of carbonyl (C=O) groups excluding carboxylic acids is 1. The van der Waals surface area contributed by atoms with Gasteiger partial charge in [-0.2, -0.15) is 0 Å². The van der Waals surface area contributed by atoms with Gasteiger partial charge in [0.05, 0.1) is 4.92 Å². The summed E-state index contributed by atoms with van der Waals surface area (Å²) in [6, 6.07) is 13.9. The largest absolute Gasteiger partial charge is 0.350 e. The Labute approximate surface area is 145 Å². The van der Waals surface area contributed by atoms with Crippen LogP contribution < -0.4 is 10.6 Å². The number of hydrogen-bond acceptors (Lipinski definition) is 5. The van der Waals surface area contributed by atoms with Gasteiger partial charge in [-0.05, 0) is 37.2 Å². The Hall–Kier alpha value is -2.93. The van der Waals surface area contributed by atoms with E-state index in [9.17, 15) is 14.9 Å². The molecule has 0 radical (unpaired) electrons. The lowest BCUT2D eigenvalue weighted by Gasteiger charge is -2.23. The van der Waals surface area contributed by atoms with Crippen molar-refractivity contribution >= 4 is 23.0 Å². The molecule has 2 N–H and O–H groups in total. The average molecular weight is 340 g/mol. The van der Waals surface area contributed by atoms with Crippen LogP contribution in [-0.2, 0) is 0 Å². The summed E-state index contributed by atoms with van der Waals surface area (Å²) < 4.78 is 0. The third-order valence-electron chi connectivity index (χ3n) is 4.40. The molecule has 1 unspecified atom stereocenters. The zero-order valence-corrected chi connectivity index (χ0v) is 13.9. The molecule has 1 aliphatic rings. The van der Waals surface area contributed by atoms with Crippen molar-refractivity contribution in [2.45, 2.75) is 12.5 Å². The van der Waals surface area contributed by atoms with Crippen molar-refractivity contribution in [3.8, 4) is 0 Å². The fourth-order valence-corrected chi connectivity index (χ4v) is 2.94. The number of nitro groups is 1. The molecule has 7 nitrogen and oxygen atoms in total. The second kappa shape index (κ2) is 7.31. The lowest BCUT2D eigenvalue weighted by Crippen LogP contribution is -2.38. The highest BCUT2D eigenvalue weighted by molar-refractivity contribution is 5.96. The van der Waals surface area contributed by atoms with Crippen LogP contribution in [0.3, 0.4) is 0 Å². The monoisotopic (exact) mass is 340 g/mol. The highest BCUT2D eigenvalue weighted by Crippen LogP contribution is 2.29. The van der Waals surface area contributed by atoms with E-state index in [4.69, 9.17) is 0 Å². The first-order chi connectivity index (χ1) is 12.1. The molecule has 0 saturated carbocycles. The summed E-state index contributed by atoms with van der Waals surface area (Å²) in [5.41, 5.74) is 1.31. The second-order valence-electron chi connectivity index (χ2n) is 6.04. The molecular formula is C18H20N4O3. The number of carbonyl (C=O) groups is 1. The summed E-state index contributed by atoms with van der Waals surface area (Å²) in [6.45, 7) is 1.63. The SMILES string of the molecule is CN(C(=O)c1ccc(Nc2ccccc2)c([N+](=O)[O-])c1)C1CCNC1. The van der Waals surface area contributed by atoms with Gasteiger partial charge < -0.3 is 15.5 Å². The summed E-state index contributed by atoms with van der Waals surface area (Å²) in [5, 5.41) is 17.7. The third-order valence-corrected chi connectivity index (χ3v) is 4.40. The molecule has 130 valence electrons. The van der Waals surface area contributed by atoms with Crippen LogP contribution in [0, 0.1) is 10.1 Å². The lowest BCUT2D eigenvalue weighted by atomic mass is 10.1. The number of nitrogens with zero attached hydrogens (tertiary/aromatic N) is 2. The van der Waals surface area contributed by atoms with Crippen molar-refractivity contribution in [2.75, 3.05) is 25.5 Å². The van der Waals surface area contributed by atoms with Crippen LogP contribution in [0.4, 0.5) is 17.1 Å². The van der Waals surface area contributed by atoms with E-state index in [2.05, 4.69) is 10.6 Å². The van der Waals surface area contributed by atoms with E-state index in [1.165, 1.54) is 6.07 Å². The number of rotatable bonds is 5. The molecular weight excluding hydrogens is 320 g/mol. The number of benzene rings is 2. The fraction of sp³-hybridized carbons (Fsp3) is 0.278. The van der Waals surface area contributed by atoms with Crippen molar-refractivity contribution in [1.82, 2.24) is 10.2 Å². The van der Waals surface area contributed by atoms with Gasteiger partial charge in [0.2, 0.25) is 0 Å². The number of amides is 1. The predicted octanol–water partition coefficient (Wildman–Crippen LogP) is 2.77. The molecule has 1 saturated heterocycles. The minimum Gasteiger partial charge on any atom is -0.350 e. The molecule has 1 heterocycles. The molecule has 2 aromatic carbocycles. The maximum absolute atomic E-state index is 12.6. The molecule has 25 heavy (non-hydrogen) atoms. The average Bonchev–Trinajstić information content (AvgIpc) is 3.16. The molecule has 0 bridgehead atoms. The summed E-state index contributed by atoms with van der Waals surface area (Å²) in [5.74, 6) is -0.205. The van der Waals surface area contributed by atoms with Crippen molar-refractivity contribution in [1.29, 1.82) is 0 Å². The molecule has 0 aromatic heterocycles. The van der Waals surface area contributed by atoms with Crippen LogP contribution in [-0.4, -0.2) is 41.9 Å². The smallest absolute Gasteiger partial charge is 0.293 e. The van der Waals surface area contributed by atoms with Crippen molar-refractivity contribution in [3.63, 3.8) is 0 Å². The Balaban J connectivity index is 1.85. The maximum Gasteiger partial charge on any atom is 0.293 e. The minimum absolute atomic E-state index is 0.118.